The maximum absolute atomic E-state index is 12.1. The lowest BCUT2D eigenvalue weighted by Crippen LogP contribution is -2.50. The molecule has 0 atom stereocenters. The molecule has 1 saturated heterocycles. The van der Waals surface area contributed by atoms with Crippen LogP contribution in [0.25, 0.3) is 0 Å². The topological polar surface area (TPSA) is 89.1 Å². The van der Waals surface area contributed by atoms with Crippen molar-refractivity contribution in [3.05, 3.63) is 11.9 Å². The molecule has 0 saturated carbocycles. The predicted molar refractivity (Wildman–Crippen MR) is 80.9 cm³/mol. The normalized spacial score (nSPS) is 17.9. The number of nitrogens with one attached hydrogen (secondary N) is 1. The van der Waals surface area contributed by atoms with Gasteiger partial charge in [0, 0.05) is 31.2 Å². The summed E-state index contributed by atoms with van der Waals surface area (Å²) < 4.78 is 1.59. The highest BCUT2D eigenvalue weighted by molar-refractivity contribution is 5.92. The van der Waals surface area contributed by atoms with Gasteiger partial charge in [0.1, 0.15) is 0 Å². The lowest BCUT2D eigenvalue weighted by molar-refractivity contribution is 0.0809. The van der Waals surface area contributed by atoms with Crippen molar-refractivity contribution in [2.75, 3.05) is 19.6 Å². The van der Waals surface area contributed by atoms with Crippen LogP contribution in [0.1, 0.15) is 44.1 Å². The first-order valence-electron chi connectivity index (χ1n) is 7.56. The van der Waals surface area contributed by atoms with E-state index in [0.717, 1.165) is 25.9 Å². The van der Waals surface area contributed by atoms with Crippen molar-refractivity contribution < 1.29 is 4.79 Å². The highest BCUT2D eigenvalue weighted by Gasteiger charge is 2.28. The average molecular weight is 294 g/mol. The fourth-order valence-corrected chi connectivity index (χ4v) is 2.60. The highest BCUT2D eigenvalue weighted by atomic mass is 16.2. The number of carbonyl (C=O) groups is 1. The number of likely N-dealkylation sites (tertiary alicyclic amines) is 1. The van der Waals surface area contributed by atoms with E-state index < -0.39 is 0 Å². The zero-order chi connectivity index (χ0) is 15.5. The van der Waals surface area contributed by atoms with Gasteiger partial charge in [-0.1, -0.05) is 5.21 Å². The number of piperidine rings is 1. The standard InChI is InChI=1S/C14H26N6O/c1-14(2,3)19-7-4-11(5-8-19)16-13(21)12-10-20(9-6-15)18-17-12/h10-11H,4-9,15H2,1-3H3,(H,16,21). The number of amides is 1. The zero-order valence-electron chi connectivity index (χ0n) is 13.2. The Hall–Kier alpha value is -1.47. The Labute approximate surface area is 125 Å². The van der Waals surface area contributed by atoms with Crippen LogP contribution in [0.3, 0.4) is 0 Å². The molecule has 0 spiro atoms. The number of rotatable bonds is 4. The van der Waals surface area contributed by atoms with Crippen molar-refractivity contribution in [3.63, 3.8) is 0 Å². The molecule has 1 aliphatic heterocycles. The number of nitrogens with two attached hydrogens (primary N) is 1. The van der Waals surface area contributed by atoms with E-state index in [2.05, 4.69) is 41.3 Å². The SMILES string of the molecule is CC(C)(C)N1CCC(NC(=O)c2cn(CCN)nn2)CC1. The number of carbonyl (C=O) groups excluding carboxylic acids is 1. The van der Waals surface area contributed by atoms with E-state index in [1.165, 1.54) is 0 Å². The first kappa shape index (κ1) is 15.9. The molecule has 1 aromatic rings. The predicted octanol–water partition coefficient (Wildman–Crippen LogP) is 0.230. The third-order valence-electron chi connectivity index (χ3n) is 3.91. The number of aromatic nitrogens is 3. The van der Waals surface area contributed by atoms with Crippen LogP contribution in [0.5, 0.6) is 0 Å². The lowest BCUT2D eigenvalue weighted by Gasteiger charge is -2.40. The minimum absolute atomic E-state index is 0.146. The molecule has 1 amide bonds. The van der Waals surface area contributed by atoms with Gasteiger partial charge >= 0.3 is 0 Å². The number of hydrogen-bond donors (Lipinski definition) is 2. The van der Waals surface area contributed by atoms with E-state index in [4.69, 9.17) is 5.73 Å². The second-order valence-corrected chi connectivity index (χ2v) is 6.56. The number of nitrogens with zero attached hydrogens (tertiary/aromatic N) is 4. The van der Waals surface area contributed by atoms with Gasteiger partial charge in [-0.3, -0.25) is 14.4 Å². The molecule has 118 valence electrons. The van der Waals surface area contributed by atoms with Crippen molar-refractivity contribution in [1.29, 1.82) is 0 Å². The molecular weight excluding hydrogens is 268 g/mol. The highest BCUT2D eigenvalue weighted by Crippen LogP contribution is 2.20. The fourth-order valence-electron chi connectivity index (χ4n) is 2.60. The van der Waals surface area contributed by atoms with Crippen LogP contribution in [-0.4, -0.2) is 57.0 Å². The minimum Gasteiger partial charge on any atom is -0.348 e. The minimum atomic E-state index is -0.146. The Morgan fingerprint density at radius 1 is 1.43 bits per heavy atom. The van der Waals surface area contributed by atoms with Gasteiger partial charge in [0.25, 0.3) is 5.91 Å². The van der Waals surface area contributed by atoms with Gasteiger partial charge in [0.15, 0.2) is 5.69 Å². The summed E-state index contributed by atoms with van der Waals surface area (Å²) in [6, 6.07) is 0.218. The van der Waals surface area contributed by atoms with Crippen molar-refractivity contribution in [2.24, 2.45) is 5.73 Å². The van der Waals surface area contributed by atoms with Gasteiger partial charge in [0.05, 0.1) is 12.7 Å². The molecule has 7 heteroatoms. The summed E-state index contributed by atoms with van der Waals surface area (Å²) in [5, 5.41) is 10.8. The molecule has 0 bridgehead atoms. The Morgan fingerprint density at radius 2 is 2.10 bits per heavy atom. The first-order valence-corrected chi connectivity index (χ1v) is 7.56. The van der Waals surface area contributed by atoms with Crippen LogP contribution in [0.15, 0.2) is 6.20 Å². The molecule has 0 aromatic carbocycles. The van der Waals surface area contributed by atoms with E-state index in [9.17, 15) is 4.79 Å². The van der Waals surface area contributed by atoms with E-state index >= 15 is 0 Å². The van der Waals surface area contributed by atoms with Gasteiger partial charge in [-0.25, -0.2) is 0 Å². The van der Waals surface area contributed by atoms with Crippen molar-refractivity contribution in [2.45, 2.75) is 51.7 Å². The van der Waals surface area contributed by atoms with Crippen LogP contribution < -0.4 is 11.1 Å². The maximum atomic E-state index is 12.1. The molecule has 21 heavy (non-hydrogen) atoms. The van der Waals surface area contributed by atoms with Crippen LogP contribution >= 0.6 is 0 Å². The molecule has 7 nitrogen and oxygen atoms in total. The second-order valence-electron chi connectivity index (χ2n) is 6.56. The summed E-state index contributed by atoms with van der Waals surface area (Å²) in [7, 11) is 0. The summed E-state index contributed by atoms with van der Waals surface area (Å²) in [5.41, 5.74) is 6.01. The van der Waals surface area contributed by atoms with E-state index in [-0.39, 0.29) is 17.5 Å². The molecule has 1 fully saturated rings. The third-order valence-corrected chi connectivity index (χ3v) is 3.91. The molecule has 2 heterocycles. The summed E-state index contributed by atoms with van der Waals surface area (Å²) in [6.07, 6.45) is 3.59. The van der Waals surface area contributed by atoms with Crippen molar-refractivity contribution in [3.8, 4) is 0 Å². The van der Waals surface area contributed by atoms with Gasteiger partial charge in [0.2, 0.25) is 0 Å². The van der Waals surface area contributed by atoms with E-state index in [1.807, 2.05) is 0 Å². The Morgan fingerprint density at radius 3 is 2.67 bits per heavy atom. The fraction of sp³-hybridized carbons (Fsp3) is 0.786. The van der Waals surface area contributed by atoms with Crippen LogP contribution in [0, 0.1) is 0 Å². The first-order chi connectivity index (χ1) is 9.90. The zero-order valence-corrected chi connectivity index (χ0v) is 13.2. The largest absolute Gasteiger partial charge is 0.348 e. The van der Waals surface area contributed by atoms with Gasteiger partial charge in [-0.15, -0.1) is 5.10 Å². The number of hydrogen-bond acceptors (Lipinski definition) is 5. The molecule has 0 radical (unpaired) electrons. The third kappa shape index (κ3) is 4.25. The van der Waals surface area contributed by atoms with Crippen LogP contribution in [0.4, 0.5) is 0 Å². The van der Waals surface area contributed by atoms with Gasteiger partial charge < -0.3 is 11.1 Å². The molecule has 1 aliphatic rings. The van der Waals surface area contributed by atoms with Crippen molar-refractivity contribution in [1.82, 2.24) is 25.2 Å². The Balaban J connectivity index is 1.84. The smallest absolute Gasteiger partial charge is 0.273 e. The second kappa shape index (κ2) is 6.53. The van der Waals surface area contributed by atoms with E-state index in [0.29, 0.717) is 18.8 Å². The summed E-state index contributed by atoms with van der Waals surface area (Å²) in [4.78, 5) is 14.6. The molecule has 0 unspecified atom stereocenters. The van der Waals surface area contributed by atoms with E-state index in [1.54, 1.807) is 10.9 Å². The average Bonchev–Trinajstić information content (AvgIpc) is 2.87. The van der Waals surface area contributed by atoms with Crippen LogP contribution in [-0.2, 0) is 6.54 Å². The molecule has 1 aromatic heterocycles. The summed E-state index contributed by atoms with van der Waals surface area (Å²) in [5.74, 6) is -0.146. The molecule has 2 rings (SSSR count). The monoisotopic (exact) mass is 294 g/mol. The Bertz CT molecular complexity index is 470. The molecule has 3 N–H and O–H groups in total. The summed E-state index contributed by atoms with van der Waals surface area (Å²) in [6.45, 7) is 9.74. The quantitative estimate of drug-likeness (QED) is 0.830. The molecular formula is C14H26N6O. The summed E-state index contributed by atoms with van der Waals surface area (Å²) >= 11 is 0. The molecule has 0 aliphatic carbocycles. The van der Waals surface area contributed by atoms with Gasteiger partial charge in [-0.2, -0.15) is 0 Å². The van der Waals surface area contributed by atoms with Gasteiger partial charge in [-0.05, 0) is 33.6 Å². The Kier molecular flexibility index (Phi) is 4.95. The van der Waals surface area contributed by atoms with Crippen molar-refractivity contribution >= 4 is 5.91 Å². The maximum Gasteiger partial charge on any atom is 0.273 e. The van der Waals surface area contributed by atoms with Crippen LogP contribution in [0.2, 0.25) is 0 Å². The lowest BCUT2D eigenvalue weighted by atomic mass is 9.98.